The van der Waals surface area contributed by atoms with Crippen molar-refractivity contribution in [3.05, 3.63) is 0 Å². The Labute approximate surface area is 101 Å². The summed E-state index contributed by atoms with van der Waals surface area (Å²) in [5.41, 5.74) is 0. The zero-order valence-corrected chi connectivity index (χ0v) is 10.4. The quantitative estimate of drug-likeness (QED) is 0.795. The maximum atomic E-state index is 11.8. The first-order valence-electron chi connectivity index (χ1n) is 5.34. The minimum Gasteiger partial charge on any atom is -0.356 e. The number of carbonyl (C=O) groups is 1. The summed E-state index contributed by atoms with van der Waals surface area (Å²) in [7, 11) is 0. The van der Waals surface area contributed by atoms with Crippen LogP contribution in [0.25, 0.3) is 0 Å². The van der Waals surface area contributed by atoms with Gasteiger partial charge >= 0.3 is 6.18 Å². The number of rotatable bonds is 4. The average molecular weight is 302 g/mol. The maximum Gasteiger partial charge on any atom is 0.389 e. The van der Waals surface area contributed by atoms with E-state index < -0.39 is 24.9 Å². The van der Waals surface area contributed by atoms with E-state index >= 15 is 0 Å². The van der Waals surface area contributed by atoms with Gasteiger partial charge in [0.25, 0.3) is 0 Å². The highest BCUT2D eigenvalue weighted by atomic mass is 79.9. The van der Waals surface area contributed by atoms with Gasteiger partial charge in [-0.3, -0.25) is 4.79 Å². The van der Waals surface area contributed by atoms with Crippen LogP contribution in [-0.4, -0.2) is 23.5 Å². The lowest BCUT2D eigenvalue weighted by molar-refractivity contribution is -0.144. The molecule has 0 aromatic heterocycles. The first-order chi connectivity index (χ1) is 7.37. The molecule has 0 saturated heterocycles. The van der Waals surface area contributed by atoms with Gasteiger partial charge in [-0.2, -0.15) is 13.2 Å². The highest BCUT2D eigenvalue weighted by Gasteiger charge is 2.28. The molecule has 0 aromatic rings. The molecule has 1 amide bonds. The largest absolute Gasteiger partial charge is 0.389 e. The van der Waals surface area contributed by atoms with Gasteiger partial charge in [0, 0.05) is 17.8 Å². The predicted octanol–water partition coefficient (Wildman–Crippen LogP) is 3.01. The van der Waals surface area contributed by atoms with E-state index in [0.29, 0.717) is 17.3 Å². The van der Waals surface area contributed by atoms with Gasteiger partial charge in [-0.05, 0) is 25.2 Å². The van der Waals surface area contributed by atoms with Crippen LogP contribution in [0.3, 0.4) is 0 Å². The molecule has 1 N–H and O–H groups in total. The Morgan fingerprint density at radius 2 is 2.06 bits per heavy atom. The number of carbonyl (C=O) groups excluding carboxylic acids is 1. The average Bonchev–Trinajstić information content (AvgIpc) is 2.57. The molecule has 2 atom stereocenters. The lowest BCUT2D eigenvalue weighted by Gasteiger charge is -2.11. The number of alkyl halides is 4. The molecule has 1 rings (SSSR count). The molecule has 1 fully saturated rings. The Bertz CT molecular complexity index is 245. The van der Waals surface area contributed by atoms with Crippen LogP contribution in [0, 0.1) is 5.92 Å². The number of hydrogen-bond donors (Lipinski definition) is 1. The molecule has 16 heavy (non-hydrogen) atoms. The second-order valence-electron chi connectivity index (χ2n) is 4.20. The van der Waals surface area contributed by atoms with Gasteiger partial charge in [-0.15, -0.1) is 0 Å². The van der Waals surface area contributed by atoms with Crippen LogP contribution in [0.15, 0.2) is 0 Å². The standard InChI is InChI=1S/C10H15BrF3NO/c11-8-2-1-7(5-8)6-15-9(16)3-4-10(12,13)14/h7-8H,1-6H2,(H,15,16). The molecule has 0 heterocycles. The zero-order valence-electron chi connectivity index (χ0n) is 8.82. The topological polar surface area (TPSA) is 29.1 Å². The molecule has 0 bridgehead atoms. The van der Waals surface area contributed by atoms with Crippen LogP contribution < -0.4 is 5.32 Å². The van der Waals surface area contributed by atoms with Gasteiger partial charge < -0.3 is 5.32 Å². The van der Waals surface area contributed by atoms with Crippen molar-refractivity contribution < 1.29 is 18.0 Å². The van der Waals surface area contributed by atoms with Gasteiger partial charge in [-0.25, -0.2) is 0 Å². The normalized spacial score (nSPS) is 25.8. The number of nitrogens with one attached hydrogen (secondary N) is 1. The van der Waals surface area contributed by atoms with Crippen molar-refractivity contribution in [2.24, 2.45) is 5.92 Å². The van der Waals surface area contributed by atoms with Crippen molar-refractivity contribution in [3.8, 4) is 0 Å². The lowest BCUT2D eigenvalue weighted by atomic mass is 10.1. The molecule has 2 unspecified atom stereocenters. The highest BCUT2D eigenvalue weighted by molar-refractivity contribution is 9.09. The molecule has 0 aromatic carbocycles. The number of halogens is 4. The summed E-state index contributed by atoms with van der Waals surface area (Å²) in [5, 5.41) is 2.56. The Kier molecular flexibility index (Phi) is 5.08. The van der Waals surface area contributed by atoms with E-state index in [2.05, 4.69) is 21.2 Å². The van der Waals surface area contributed by atoms with Crippen molar-refractivity contribution in [1.82, 2.24) is 5.32 Å². The third kappa shape index (κ3) is 5.72. The predicted molar refractivity (Wildman–Crippen MR) is 58.4 cm³/mol. The van der Waals surface area contributed by atoms with E-state index in [4.69, 9.17) is 0 Å². The van der Waals surface area contributed by atoms with Crippen LogP contribution in [0.4, 0.5) is 13.2 Å². The first kappa shape index (κ1) is 13.8. The summed E-state index contributed by atoms with van der Waals surface area (Å²) in [6.45, 7) is 0.499. The lowest BCUT2D eigenvalue weighted by Crippen LogP contribution is -2.29. The summed E-state index contributed by atoms with van der Waals surface area (Å²) in [4.78, 5) is 11.6. The van der Waals surface area contributed by atoms with E-state index in [1.165, 1.54) is 0 Å². The Morgan fingerprint density at radius 1 is 1.38 bits per heavy atom. The van der Waals surface area contributed by atoms with Crippen molar-refractivity contribution in [3.63, 3.8) is 0 Å². The van der Waals surface area contributed by atoms with E-state index in [-0.39, 0.29) is 0 Å². The van der Waals surface area contributed by atoms with Gasteiger partial charge in [0.1, 0.15) is 0 Å². The fraction of sp³-hybridized carbons (Fsp3) is 0.900. The van der Waals surface area contributed by atoms with Crippen LogP contribution >= 0.6 is 15.9 Å². The number of amides is 1. The third-order valence-electron chi connectivity index (χ3n) is 2.70. The van der Waals surface area contributed by atoms with Crippen LogP contribution in [0.5, 0.6) is 0 Å². The Morgan fingerprint density at radius 3 is 2.56 bits per heavy atom. The SMILES string of the molecule is O=C(CCC(F)(F)F)NCC1CCC(Br)C1. The van der Waals surface area contributed by atoms with Gasteiger partial charge in [0.2, 0.25) is 5.91 Å². The molecule has 6 heteroatoms. The van der Waals surface area contributed by atoms with Crippen LogP contribution in [-0.2, 0) is 4.79 Å². The van der Waals surface area contributed by atoms with Crippen LogP contribution in [0.1, 0.15) is 32.1 Å². The van der Waals surface area contributed by atoms with Crippen molar-refractivity contribution in [2.45, 2.75) is 43.1 Å². The second-order valence-corrected chi connectivity index (χ2v) is 5.49. The van der Waals surface area contributed by atoms with Crippen LogP contribution in [0.2, 0.25) is 0 Å². The molecule has 1 saturated carbocycles. The monoisotopic (exact) mass is 301 g/mol. The summed E-state index contributed by atoms with van der Waals surface area (Å²) in [6, 6.07) is 0. The zero-order chi connectivity index (χ0) is 12.2. The summed E-state index contributed by atoms with van der Waals surface area (Å²) in [6.07, 6.45) is -2.66. The summed E-state index contributed by atoms with van der Waals surface area (Å²) < 4.78 is 35.5. The third-order valence-corrected chi connectivity index (χ3v) is 3.53. The molecule has 2 nitrogen and oxygen atoms in total. The molecule has 1 aliphatic carbocycles. The summed E-state index contributed by atoms with van der Waals surface area (Å²) >= 11 is 3.48. The minimum atomic E-state index is -4.24. The molecule has 94 valence electrons. The van der Waals surface area contributed by atoms with E-state index in [0.717, 1.165) is 19.3 Å². The molecule has 0 radical (unpaired) electrons. The van der Waals surface area contributed by atoms with Crippen molar-refractivity contribution in [1.29, 1.82) is 0 Å². The smallest absolute Gasteiger partial charge is 0.356 e. The van der Waals surface area contributed by atoms with Crippen molar-refractivity contribution in [2.75, 3.05) is 6.54 Å². The van der Waals surface area contributed by atoms with Gasteiger partial charge in [0.15, 0.2) is 0 Å². The molecule has 1 aliphatic rings. The van der Waals surface area contributed by atoms with Crippen molar-refractivity contribution >= 4 is 21.8 Å². The summed E-state index contributed by atoms with van der Waals surface area (Å²) in [5.74, 6) is -0.102. The fourth-order valence-corrected chi connectivity index (χ4v) is 2.59. The minimum absolute atomic E-state index is 0.402. The Hall–Kier alpha value is -0.260. The van der Waals surface area contributed by atoms with E-state index in [1.807, 2.05) is 0 Å². The van der Waals surface area contributed by atoms with Gasteiger partial charge in [-0.1, -0.05) is 15.9 Å². The second kappa shape index (κ2) is 5.89. The van der Waals surface area contributed by atoms with E-state index in [9.17, 15) is 18.0 Å². The molecule has 0 aliphatic heterocycles. The van der Waals surface area contributed by atoms with E-state index in [1.54, 1.807) is 0 Å². The van der Waals surface area contributed by atoms with Gasteiger partial charge in [0.05, 0.1) is 6.42 Å². The molecular formula is C10H15BrF3NO. The number of hydrogen-bond acceptors (Lipinski definition) is 1. The first-order valence-corrected chi connectivity index (χ1v) is 6.26. The maximum absolute atomic E-state index is 11.8. The fourth-order valence-electron chi connectivity index (χ4n) is 1.80. The molecular weight excluding hydrogens is 287 g/mol. The molecule has 0 spiro atoms. The highest BCUT2D eigenvalue weighted by Crippen LogP contribution is 2.30. The Balaban J connectivity index is 2.11.